The van der Waals surface area contributed by atoms with Gasteiger partial charge in [0, 0.05) is 26.8 Å². The standard InChI is InChI=1S/C20H24O7.H2/c1-24-20(25-2,16-5-9-18(10-6-16)27-14-12-22)19(23)15-3-7-17(8-4-15)26-13-11-21;/h3-10,21-22H,11-14H2,1-2H3;1H. The number of hydrogen-bond donors (Lipinski definition) is 2. The minimum atomic E-state index is -1.61. The SMILES string of the molecule is COC(OC)(C(=O)c1ccc(OCCO)cc1)c1ccc(OCCO)cc1.[HH]. The number of carbonyl (C=O) groups excluding carboxylic acids is 1. The van der Waals surface area contributed by atoms with Crippen LogP contribution in [0, 0.1) is 0 Å². The number of carbonyl (C=O) groups is 1. The van der Waals surface area contributed by atoms with Gasteiger partial charge in [0.2, 0.25) is 5.78 Å². The van der Waals surface area contributed by atoms with Crippen LogP contribution in [-0.2, 0) is 15.3 Å². The third-order valence-corrected chi connectivity index (χ3v) is 3.94. The monoisotopic (exact) mass is 378 g/mol. The third kappa shape index (κ3) is 4.84. The Morgan fingerprint density at radius 2 is 1.30 bits per heavy atom. The van der Waals surface area contributed by atoms with Gasteiger partial charge in [0.05, 0.1) is 13.2 Å². The van der Waals surface area contributed by atoms with Gasteiger partial charge in [0.15, 0.2) is 0 Å². The molecule has 0 saturated carbocycles. The number of hydrogen-bond acceptors (Lipinski definition) is 7. The maximum Gasteiger partial charge on any atom is 0.260 e. The Bertz CT molecular complexity index is 712. The summed E-state index contributed by atoms with van der Waals surface area (Å²) in [5.74, 6) is -0.869. The van der Waals surface area contributed by atoms with Gasteiger partial charge in [-0.05, 0) is 48.5 Å². The first-order chi connectivity index (χ1) is 13.1. The fourth-order valence-electron chi connectivity index (χ4n) is 2.63. The molecule has 0 saturated heterocycles. The van der Waals surface area contributed by atoms with E-state index in [9.17, 15) is 4.79 Å². The second kappa shape index (κ2) is 10.0. The van der Waals surface area contributed by atoms with Crippen molar-refractivity contribution in [1.29, 1.82) is 0 Å². The van der Waals surface area contributed by atoms with Crippen molar-refractivity contribution in [2.75, 3.05) is 40.6 Å². The molecule has 7 heteroatoms. The zero-order chi connectivity index (χ0) is 19.7. The van der Waals surface area contributed by atoms with Crippen LogP contribution in [0.25, 0.3) is 0 Å². The number of ether oxygens (including phenoxy) is 4. The predicted octanol–water partition coefficient (Wildman–Crippen LogP) is 2.00. The van der Waals surface area contributed by atoms with Crippen LogP contribution < -0.4 is 9.47 Å². The van der Waals surface area contributed by atoms with Crippen LogP contribution in [-0.4, -0.2) is 56.6 Å². The van der Waals surface area contributed by atoms with E-state index in [1.165, 1.54) is 14.2 Å². The molecule has 0 spiro atoms. The number of benzene rings is 2. The Hall–Kier alpha value is -2.45. The molecule has 2 aromatic carbocycles. The van der Waals surface area contributed by atoms with Gasteiger partial charge in [-0.25, -0.2) is 0 Å². The lowest BCUT2D eigenvalue weighted by Crippen LogP contribution is -2.40. The van der Waals surface area contributed by atoms with E-state index < -0.39 is 5.79 Å². The molecule has 0 aliphatic rings. The molecular formula is C20H26O7. The summed E-state index contributed by atoms with van der Waals surface area (Å²) >= 11 is 0. The van der Waals surface area contributed by atoms with Crippen molar-refractivity contribution in [3.8, 4) is 11.5 Å². The van der Waals surface area contributed by atoms with Crippen molar-refractivity contribution in [2.45, 2.75) is 5.79 Å². The van der Waals surface area contributed by atoms with Crippen LogP contribution in [0.15, 0.2) is 48.5 Å². The summed E-state index contributed by atoms with van der Waals surface area (Å²) < 4.78 is 21.6. The molecule has 0 amide bonds. The second-order valence-electron chi connectivity index (χ2n) is 5.55. The summed E-state index contributed by atoms with van der Waals surface area (Å²) in [5, 5.41) is 17.6. The molecule has 2 aromatic rings. The maximum absolute atomic E-state index is 13.1. The van der Waals surface area contributed by atoms with Crippen LogP contribution in [0.2, 0.25) is 0 Å². The van der Waals surface area contributed by atoms with Crippen molar-refractivity contribution >= 4 is 5.78 Å². The van der Waals surface area contributed by atoms with Crippen molar-refractivity contribution in [3.05, 3.63) is 59.7 Å². The molecule has 2 rings (SSSR count). The predicted molar refractivity (Wildman–Crippen MR) is 100 cm³/mol. The highest BCUT2D eigenvalue weighted by Crippen LogP contribution is 2.32. The molecule has 0 bridgehead atoms. The van der Waals surface area contributed by atoms with Crippen molar-refractivity contribution in [3.63, 3.8) is 0 Å². The normalized spacial score (nSPS) is 11.3. The molecule has 0 aromatic heterocycles. The Kier molecular flexibility index (Phi) is 7.75. The first-order valence-corrected chi connectivity index (χ1v) is 8.44. The molecule has 0 fully saturated rings. The van der Waals surface area contributed by atoms with Crippen LogP contribution >= 0.6 is 0 Å². The van der Waals surface area contributed by atoms with Crippen LogP contribution in [0.5, 0.6) is 11.5 Å². The van der Waals surface area contributed by atoms with Crippen molar-refractivity contribution in [2.24, 2.45) is 0 Å². The summed E-state index contributed by atoms with van der Waals surface area (Å²) in [4.78, 5) is 13.1. The number of aliphatic hydroxyl groups is 2. The van der Waals surface area contributed by atoms with Crippen molar-refractivity contribution < 1.29 is 35.4 Å². The van der Waals surface area contributed by atoms with Gasteiger partial charge in [0.25, 0.3) is 5.79 Å². The first-order valence-electron chi connectivity index (χ1n) is 8.44. The van der Waals surface area contributed by atoms with Crippen molar-refractivity contribution in [1.82, 2.24) is 0 Å². The Morgan fingerprint density at radius 3 is 1.70 bits per heavy atom. The minimum absolute atomic E-state index is 0. The summed E-state index contributed by atoms with van der Waals surface area (Å²) in [5.41, 5.74) is 0.894. The van der Waals surface area contributed by atoms with E-state index in [2.05, 4.69) is 0 Å². The molecule has 0 atom stereocenters. The molecule has 148 valence electrons. The number of methoxy groups -OCH3 is 2. The highest BCUT2D eigenvalue weighted by molar-refractivity contribution is 6.02. The molecule has 0 unspecified atom stereocenters. The highest BCUT2D eigenvalue weighted by Gasteiger charge is 2.41. The molecule has 2 N–H and O–H groups in total. The lowest BCUT2D eigenvalue weighted by atomic mass is 9.95. The van der Waals surface area contributed by atoms with E-state index in [1.807, 2.05) is 0 Å². The minimum Gasteiger partial charge on any atom is -0.491 e. The van der Waals surface area contributed by atoms with Gasteiger partial charge in [-0.3, -0.25) is 4.79 Å². The van der Waals surface area contributed by atoms with E-state index >= 15 is 0 Å². The van der Waals surface area contributed by atoms with E-state index in [-0.39, 0.29) is 33.6 Å². The van der Waals surface area contributed by atoms with Gasteiger partial charge in [-0.15, -0.1) is 0 Å². The van der Waals surface area contributed by atoms with Gasteiger partial charge >= 0.3 is 0 Å². The first kappa shape index (κ1) is 20.9. The average Bonchev–Trinajstić information content (AvgIpc) is 2.73. The number of Topliss-reactive ketones (excluding diaryl/α,β-unsaturated/α-hetero) is 1. The van der Waals surface area contributed by atoms with Gasteiger partial charge in [-0.1, -0.05) is 0 Å². The number of ketones is 1. The maximum atomic E-state index is 13.1. The largest absolute Gasteiger partial charge is 0.491 e. The Balaban J connectivity index is 0.00000392. The Morgan fingerprint density at radius 1 is 0.852 bits per heavy atom. The topological polar surface area (TPSA) is 94.5 Å². The Labute approximate surface area is 159 Å². The zero-order valence-corrected chi connectivity index (χ0v) is 15.4. The summed E-state index contributed by atoms with van der Waals surface area (Å²) in [6, 6.07) is 13.2. The van der Waals surface area contributed by atoms with E-state index in [0.717, 1.165) is 0 Å². The molecule has 0 aliphatic heterocycles. The molecule has 0 aliphatic carbocycles. The molecular weight excluding hydrogens is 352 g/mol. The smallest absolute Gasteiger partial charge is 0.260 e. The van der Waals surface area contributed by atoms with Crippen LogP contribution in [0.3, 0.4) is 0 Å². The zero-order valence-electron chi connectivity index (χ0n) is 15.4. The fourth-order valence-corrected chi connectivity index (χ4v) is 2.63. The van der Waals surface area contributed by atoms with Crippen LogP contribution in [0.4, 0.5) is 0 Å². The van der Waals surface area contributed by atoms with Gasteiger partial charge in [0.1, 0.15) is 24.7 Å². The summed E-state index contributed by atoms with van der Waals surface area (Å²) in [7, 11) is 2.80. The quantitative estimate of drug-likeness (QED) is 0.456. The summed E-state index contributed by atoms with van der Waals surface area (Å²) in [6.07, 6.45) is 0. The second-order valence-corrected chi connectivity index (χ2v) is 5.55. The fraction of sp³-hybridized carbons (Fsp3) is 0.350. The van der Waals surface area contributed by atoms with E-state index in [0.29, 0.717) is 22.6 Å². The molecule has 7 nitrogen and oxygen atoms in total. The lowest BCUT2D eigenvalue weighted by Gasteiger charge is -2.30. The number of rotatable bonds is 11. The van der Waals surface area contributed by atoms with Gasteiger partial charge < -0.3 is 29.2 Å². The lowest BCUT2D eigenvalue weighted by molar-refractivity contribution is -0.176. The van der Waals surface area contributed by atoms with Crippen LogP contribution in [0.1, 0.15) is 17.3 Å². The van der Waals surface area contributed by atoms with E-state index in [4.69, 9.17) is 29.2 Å². The van der Waals surface area contributed by atoms with E-state index in [1.54, 1.807) is 48.5 Å². The van der Waals surface area contributed by atoms with Gasteiger partial charge in [-0.2, -0.15) is 0 Å². The third-order valence-electron chi connectivity index (χ3n) is 3.94. The molecule has 0 heterocycles. The molecule has 0 radical (unpaired) electrons. The number of aliphatic hydroxyl groups excluding tert-OH is 2. The average molecular weight is 378 g/mol. The summed E-state index contributed by atoms with van der Waals surface area (Å²) in [6.45, 7) is 0.189. The molecule has 27 heavy (non-hydrogen) atoms. The highest BCUT2D eigenvalue weighted by atomic mass is 16.7.